The van der Waals surface area contributed by atoms with E-state index in [1.807, 2.05) is 6.07 Å². The van der Waals surface area contributed by atoms with Crippen molar-refractivity contribution in [2.45, 2.75) is 18.9 Å². The van der Waals surface area contributed by atoms with Crippen molar-refractivity contribution >= 4 is 0 Å². The van der Waals surface area contributed by atoms with E-state index in [1.165, 1.54) is 11.1 Å². The summed E-state index contributed by atoms with van der Waals surface area (Å²) >= 11 is 0. The molecule has 2 aromatic rings. The molecule has 0 radical (unpaired) electrons. The molecule has 1 atom stereocenters. The highest BCUT2D eigenvalue weighted by Crippen LogP contribution is 2.35. The smallest absolute Gasteiger partial charge is 0.137 e. The Kier molecular flexibility index (Phi) is 3.22. The average Bonchev–Trinajstić information content (AvgIpc) is 2.90. The Hall–Kier alpha value is -1.87. The molecule has 0 fully saturated rings. The number of hydrogen-bond donors (Lipinski definition) is 1. The molecule has 0 saturated carbocycles. The number of rotatable bonds is 3. The lowest BCUT2D eigenvalue weighted by molar-refractivity contribution is 0.113. The predicted molar refractivity (Wildman–Crippen MR) is 73.1 cm³/mol. The number of aliphatic hydroxyl groups excluding tert-OH is 1. The van der Waals surface area contributed by atoms with E-state index in [-0.39, 0.29) is 5.92 Å². The van der Waals surface area contributed by atoms with Gasteiger partial charge in [0.05, 0.1) is 19.4 Å². The fourth-order valence-corrected chi connectivity index (χ4v) is 2.80. The molecule has 0 aliphatic heterocycles. The molecule has 0 spiro atoms. The Balaban J connectivity index is 1.80. The van der Waals surface area contributed by atoms with Crippen LogP contribution in [0.15, 0.2) is 42.7 Å². The molecule has 1 aliphatic rings. The molecule has 1 unspecified atom stereocenters. The molecule has 98 valence electrons. The van der Waals surface area contributed by atoms with Crippen LogP contribution >= 0.6 is 0 Å². The van der Waals surface area contributed by atoms with Crippen LogP contribution in [0.2, 0.25) is 0 Å². The second-order valence-corrected chi connectivity index (χ2v) is 5.04. The van der Waals surface area contributed by atoms with E-state index in [9.17, 15) is 5.11 Å². The van der Waals surface area contributed by atoms with Gasteiger partial charge in [0.2, 0.25) is 0 Å². The summed E-state index contributed by atoms with van der Waals surface area (Å²) in [6.07, 6.45) is 4.73. The van der Waals surface area contributed by atoms with Crippen molar-refractivity contribution in [2.24, 2.45) is 5.92 Å². The van der Waals surface area contributed by atoms with E-state index >= 15 is 0 Å². The zero-order chi connectivity index (χ0) is 13.2. The number of aliphatic hydroxyl groups is 1. The second-order valence-electron chi connectivity index (χ2n) is 5.04. The van der Waals surface area contributed by atoms with Gasteiger partial charge >= 0.3 is 0 Å². The summed E-state index contributed by atoms with van der Waals surface area (Å²) in [7, 11) is 1.61. The largest absolute Gasteiger partial charge is 0.495 e. The first-order valence-corrected chi connectivity index (χ1v) is 6.51. The van der Waals surface area contributed by atoms with Crippen LogP contribution in [-0.4, -0.2) is 17.2 Å². The molecular formula is C16H17NO2. The highest BCUT2D eigenvalue weighted by molar-refractivity contribution is 5.34. The zero-order valence-electron chi connectivity index (χ0n) is 10.9. The molecule has 0 amide bonds. The minimum atomic E-state index is -0.491. The molecule has 1 aliphatic carbocycles. The normalized spacial score (nSPS) is 16.1. The standard InChI is InChI=1S/C16H17NO2/c1-19-15-8-14(9-17-10-15)16(18)13-6-11-4-2-3-5-12(11)7-13/h2-5,8-10,13,16,18H,6-7H2,1H3. The Morgan fingerprint density at radius 3 is 2.53 bits per heavy atom. The van der Waals surface area contributed by atoms with Crippen LogP contribution in [0.5, 0.6) is 5.75 Å². The van der Waals surface area contributed by atoms with E-state index < -0.39 is 6.10 Å². The molecule has 1 aromatic carbocycles. The second kappa shape index (κ2) is 5.02. The van der Waals surface area contributed by atoms with E-state index in [0.717, 1.165) is 18.4 Å². The van der Waals surface area contributed by atoms with Crippen molar-refractivity contribution in [1.82, 2.24) is 4.98 Å². The minimum Gasteiger partial charge on any atom is -0.495 e. The first-order chi connectivity index (χ1) is 9.28. The number of benzene rings is 1. The molecule has 1 heterocycles. The van der Waals surface area contributed by atoms with Crippen LogP contribution in [0.1, 0.15) is 22.8 Å². The lowest BCUT2D eigenvalue weighted by Gasteiger charge is -2.18. The fourth-order valence-electron chi connectivity index (χ4n) is 2.80. The Bertz CT molecular complexity index is 557. The molecule has 0 saturated heterocycles. The summed E-state index contributed by atoms with van der Waals surface area (Å²) < 4.78 is 5.16. The monoisotopic (exact) mass is 255 g/mol. The van der Waals surface area contributed by atoms with Crippen molar-refractivity contribution in [3.05, 3.63) is 59.4 Å². The summed E-state index contributed by atoms with van der Waals surface area (Å²) in [6.45, 7) is 0. The Labute approximate surface area is 112 Å². The van der Waals surface area contributed by atoms with Gasteiger partial charge in [-0.25, -0.2) is 0 Å². The Morgan fingerprint density at radius 2 is 1.89 bits per heavy atom. The highest BCUT2D eigenvalue weighted by Gasteiger charge is 2.28. The maximum Gasteiger partial charge on any atom is 0.137 e. The third kappa shape index (κ3) is 2.34. The van der Waals surface area contributed by atoms with Crippen LogP contribution in [0.4, 0.5) is 0 Å². The molecule has 1 aromatic heterocycles. The number of pyridine rings is 1. The lowest BCUT2D eigenvalue weighted by Crippen LogP contribution is -2.13. The number of hydrogen-bond acceptors (Lipinski definition) is 3. The summed E-state index contributed by atoms with van der Waals surface area (Å²) in [6, 6.07) is 10.3. The first-order valence-electron chi connectivity index (χ1n) is 6.51. The van der Waals surface area contributed by atoms with Gasteiger partial charge in [-0.05, 0) is 36.0 Å². The van der Waals surface area contributed by atoms with Crippen molar-refractivity contribution < 1.29 is 9.84 Å². The highest BCUT2D eigenvalue weighted by atomic mass is 16.5. The zero-order valence-corrected chi connectivity index (χ0v) is 10.9. The van der Waals surface area contributed by atoms with Crippen LogP contribution in [0, 0.1) is 5.92 Å². The number of ether oxygens (including phenoxy) is 1. The summed E-state index contributed by atoms with van der Waals surface area (Å²) in [5, 5.41) is 10.5. The number of methoxy groups -OCH3 is 1. The average molecular weight is 255 g/mol. The minimum absolute atomic E-state index is 0.228. The van der Waals surface area contributed by atoms with Crippen molar-refractivity contribution in [1.29, 1.82) is 0 Å². The third-order valence-corrected chi connectivity index (χ3v) is 3.84. The van der Waals surface area contributed by atoms with E-state index in [4.69, 9.17) is 4.74 Å². The SMILES string of the molecule is COc1cncc(C(O)C2Cc3ccccc3C2)c1. The van der Waals surface area contributed by atoms with Gasteiger partial charge in [-0.1, -0.05) is 24.3 Å². The van der Waals surface area contributed by atoms with Crippen molar-refractivity contribution in [3.8, 4) is 5.75 Å². The summed E-state index contributed by atoms with van der Waals surface area (Å²) in [5.74, 6) is 0.915. The number of fused-ring (bicyclic) bond motifs is 1. The van der Waals surface area contributed by atoms with Gasteiger partial charge in [-0.15, -0.1) is 0 Å². The van der Waals surface area contributed by atoms with Crippen LogP contribution in [0.25, 0.3) is 0 Å². The van der Waals surface area contributed by atoms with Gasteiger partial charge in [0.1, 0.15) is 5.75 Å². The van der Waals surface area contributed by atoms with Crippen LogP contribution in [-0.2, 0) is 12.8 Å². The molecule has 0 bridgehead atoms. The van der Waals surface area contributed by atoms with Gasteiger partial charge < -0.3 is 9.84 Å². The van der Waals surface area contributed by atoms with E-state index in [1.54, 1.807) is 19.5 Å². The third-order valence-electron chi connectivity index (χ3n) is 3.84. The molecule has 1 N–H and O–H groups in total. The summed E-state index contributed by atoms with van der Waals surface area (Å²) in [4.78, 5) is 4.11. The molecule has 3 nitrogen and oxygen atoms in total. The topological polar surface area (TPSA) is 42.4 Å². The van der Waals surface area contributed by atoms with Gasteiger partial charge in [-0.2, -0.15) is 0 Å². The van der Waals surface area contributed by atoms with Gasteiger partial charge in [0.15, 0.2) is 0 Å². The van der Waals surface area contributed by atoms with Crippen molar-refractivity contribution in [3.63, 3.8) is 0 Å². The number of aromatic nitrogens is 1. The predicted octanol–water partition coefficient (Wildman–Crippen LogP) is 2.54. The van der Waals surface area contributed by atoms with Gasteiger partial charge in [-0.3, -0.25) is 4.98 Å². The number of nitrogens with zero attached hydrogens (tertiary/aromatic N) is 1. The molecule has 3 rings (SSSR count). The Morgan fingerprint density at radius 1 is 1.21 bits per heavy atom. The maximum absolute atomic E-state index is 10.5. The molecule has 19 heavy (non-hydrogen) atoms. The lowest BCUT2D eigenvalue weighted by atomic mass is 9.94. The van der Waals surface area contributed by atoms with E-state index in [2.05, 4.69) is 29.2 Å². The fraction of sp³-hybridized carbons (Fsp3) is 0.312. The molecular weight excluding hydrogens is 238 g/mol. The summed E-state index contributed by atoms with van der Waals surface area (Å²) in [5.41, 5.74) is 3.53. The maximum atomic E-state index is 10.5. The first kappa shape index (κ1) is 12.2. The van der Waals surface area contributed by atoms with E-state index in [0.29, 0.717) is 5.75 Å². The van der Waals surface area contributed by atoms with Gasteiger partial charge in [0.25, 0.3) is 0 Å². The van der Waals surface area contributed by atoms with Crippen LogP contribution in [0.3, 0.4) is 0 Å². The quantitative estimate of drug-likeness (QED) is 0.916. The molecule has 3 heteroatoms. The van der Waals surface area contributed by atoms with Crippen LogP contribution < -0.4 is 4.74 Å². The van der Waals surface area contributed by atoms with Crippen molar-refractivity contribution in [2.75, 3.05) is 7.11 Å². The van der Waals surface area contributed by atoms with Gasteiger partial charge in [0, 0.05) is 11.8 Å².